The second-order valence-corrected chi connectivity index (χ2v) is 4.84. The monoisotopic (exact) mass is 196 g/mol. The highest BCUT2D eigenvalue weighted by atomic mass is 15.2. The minimum absolute atomic E-state index is 0.836. The number of nitrogens with one attached hydrogen (secondary N) is 1. The molecule has 2 heterocycles. The fourth-order valence-electron chi connectivity index (χ4n) is 3.31. The van der Waals surface area contributed by atoms with Gasteiger partial charge in [-0.1, -0.05) is 13.8 Å². The van der Waals surface area contributed by atoms with Crippen molar-refractivity contribution in [2.24, 2.45) is 5.92 Å². The molecule has 2 aliphatic rings. The molecule has 0 aromatic heterocycles. The van der Waals surface area contributed by atoms with Crippen molar-refractivity contribution in [1.82, 2.24) is 10.2 Å². The number of hydrogen-bond acceptors (Lipinski definition) is 2. The van der Waals surface area contributed by atoms with Crippen LogP contribution in [0.25, 0.3) is 0 Å². The van der Waals surface area contributed by atoms with Gasteiger partial charge in [-0.05, 0) is 44.7 Å². The Hall–Kier alpha value is -0.0800. The molecule has 0 amide bonds. The quantitative estimate of drug-likeness (QED) is 0.741. The summed E-state index contributed by atoms with van der Waals surface area (Å²) in [6.45, 7) is 8.51. The van der Waals surface area contributed by atoms with Crippen molar-refractivity contribution in [3.05, 3.63) is 0 Å². The molecule has 0 saturated carbocycles. The van der Waals surface area contributed by atoms with Crippen molar-refractivity contribution in [3.63, 3.8) is 0 Å². The zero-order valence-corrected chi connectivity index (χ0v) is 9.63. The molecule has 2 atom stereocenters. The van der Waals surface area contributed by atoms with Gasteiger partial charge in [0.1, 0.15) is 0 Å². The predicted octanol–water partition coefficient (Wildman–Crippen LogP) is 1.86. The Labute approximate surface area is 88.1 Å². The van der Waals surface area contributed by atoms with Crippen LogP contribution >= 0.6 is 0 Å². The first-order chi connectivity index (χ1) is 6.86. The van der Waals surface area contributed by atoms with Crippen LogP contribution in [0.2, 0.25) is 0 Å². The fourth-order valence-corrected chi connectivity index (χ4v) is 3.31. The lowest BCUT2D eigenvalue weighted by Crippen LogP contribution is -2.50. The van der Waals surface area contributed by atoms with E-state index in [-0.39, 0.29) is 0 Å². The van der Waals surface area contributed by atoms with Crippen LogP contribution in [-0.2, 0) is 0 Å². The summed E-state index contributed by atoms with van der Waals surface area (Å²) in [5.41, 5.74) is 0. The Morgan fingerprint density at radius 3 is 2.79 bits per heavy atom. The van der Waals surface area contributed by atoms with Gasteiger partial charge >= 0.3 is 0 Å². The third-order valence-corrected chi connectivity index (χ3v) is 4.13. The Bertz CT molecular complexity index is 177. The summed E-state index contributed by atoms with van der Waals surface area (Å²) in [6.07, 6.45) is 5.51. The second kappa shape index (κ2) is 4.63. The van der Waals surface area contributed by atoms with Crippen LogP contribution in [0.15, 0.2) is 0 Å². The summed E-state index contributed by atoms with van der Waals surface area (Å²) in [5.74, 6) is 0.948. The van der Waals surface area contributed by atoms with E-state index < -0.39 is 0 Å². The highest BCUT2D eigenvalue weighted by molar-refractivity contribution is 4.94. The highest BCUT2D eigenvalue weighted by Crippen LogP contribution is 2.29. The van der Waals surface area contributed by atoms with Crippen molar-refractivity contribution in [2.45, 2.75) is 51.6 Å². The molecular weight excluding hydrogens is 172 g/mol. The van der Waals surface area contributed by atoms with E-state index in [1.807, 2.05) is 0 Å². The standard InChI is InChI=1S/C12H24N2/c1-3-11(4-2)14-7-5-6-10-8-13-9-12(10)14/h10-13H,3-9H2,1-2H3. The van der Waals surface area contributed by atoms with E-state index in [9.17, 15) is 0 Å². The molecule has 0 aromatic rings. The smallest absolute Gasteiger partial charge is 0.0263 e. The summed E-state index contributed by atoms with van der Waals surface area (Å²) in [4.78, 5) is 2.79. The van der Waals surface area contributed by atoms with Gasteiger partial charge in [-0.2, -0.15) is 0 Å². The maximum absolute atomic E-state index is 3.56. The zero-order valence-electron chi connectivity index (χ0n) is 9.63. The summed E-state index contributed by atoms with van der Waals surface area (Å²) in [5, 5.41) is 3.56. The summed E-state index contributed by atoms with van der Waals surface area (Å²) < 4.78 is 0. The zero-order chi connectivity index (χ0) is 9.97. The highest BCUT2D eigenvalue weighted by Gasteiger charge is 2.36. The molecule has 0 spiro atoms. The van der Waals surface area contributed by atoms with Gasteiger partial charge in [-0.15, -0.1) is 0 Å². The van der Waals surface area contributed by atoms with Gasteiger partial charge in [0.15, 0.2) is 0 Å². The largest absolute Gasteiger partial charge is 0.315 e. The molecule has 2 rings (SSSR count). The molecule has 14 heavy (non-hydrogen) atoms. The molecule has 0 bridgehead atoms. The number of fused-ring (bicyclic) bond motifs is 1. The average molecular weight is 196 g/mol. The molecule has 0 aliphatic carbocycles. The number of rotatable bonds is 3. The van der Waals surface area contributed by atoms with Crippen molar-refractivity contribution >= 4 is 0 Å². The third-order valence-electron chi connectivity index (χ3n) is 4.13. The van der Waals surface area contributed by atoms with E-state index in [1.54, 1.807) is 0 Å². The van der Waals surface area contributed by atoms with E-state index >= 15 is 0 Å². The first kappa shape index (κ1) is 10.4. The number of piperidine rings is 1. The topological polar surface area (TPSA) is 15.3 Å². The lowest BCUT2D eigenvalue weighted by Gasteiger charge is -2.41. The van der Waals surface area contributed by atoms with Crippen LogP contribution in [0.4, 0.5) is 0 Å². The second-order valence-electron chi connectivity index (χ2n) is 4.84. The molecule has 2 heteroatoms. The van der Waals surface area contributed by atoms with E-state index in [0.29, 0.717) is 0 Å². The Balaban J connectivity index is 2.01. The molecular formula is C12H24N2. The lowest BCUT2D eigenvalue weighted by atomic mass is 9.90. The molecule has 2 unspecified atom stereocenters. The molecule has 2 aliphatic heterocycles. The van der Waals surface area contributed by atoms with Gasteiger partial charge in [0.2, 0.25) is 0 Å². The van der Waals surface area contributed by atoms with Gasteiger partial charge in [0.05, 0.1) is 0 Å². The van der Waals surface area contributed by atoms with Crippen molar-refractivity contribution < 1.29 is 0 Å². The van der Waals surface area contributed by atoms with E-state index in [2.05, 4.69) is 24.1 Å². The van der Waals surface area contributed by atoms with E-state index in [1.165, 1.54) is 45.3 Å². The maximum Gasteiger partial charge on any atom is 0.0263 e. The fraction of sp³-hybridized carbons (Fsp3) is 1.00. The Morgan fingerprint density at radius 1 is 1.29 bits per heavy atom. The summed E-state index contributed by atoms with van der Waals surface area (Å²) in [6, 6.07) is 1.69. The van der Waals surface area contributed by atoms with Gasteiger partial charge in [0.25, 0.3) is 0 Å². The first-order valence-electron chi connectivity index (χ1n) is 6.33. The molecule has 1 N–H and O–H groups in total. The van der Waals surface area contributed by atoms with Gasteiger partial charge in [0, 0.05) is 18.6 Å². The third kappa shape index (κ3) is 1.82. The molecule has 2 saturated heterocycles. The summed E-state index contributed by atoms with van der Waals surface area (Å²) >= 11 is 0. The number of hydrogen-bond donors (Lipinski definition) is 1. The SMILES string of the molecule is CCC(CC)N1CCCC2CNCC21. The van der Waals surface area contributed by atoms with E-state index in [0.717, 1.165) is 18.0 Å². The van der Waals surface area contributed by atoms with Crippen LogP contribution in [0.1, 0.15) is 39.5 Å². The number of nitrogens with zero attached hydrogens (tertiary/aromatic N) is 1. The molecule has 2 nitrogen and oxygen atoms in total. The first-order valence-corrected chi connectivity index (χ1v) is 6.33. The predicted molar refractivity (Wildman–Crippen MR) is 60.5 cm³/mol. The number of likely N-dealkylation sites (tertiary alicyclic amines) is 1. The van der Waals surface area contributed by atoms with Crippen molar-refractivity contribution in [2.75, 3.05) is 19.6 Å². The Kier molecular flexibility index (Phi) is 3.45. The Morgan fingerprint density at radius 2 is 2.07 bits per heavy atom. The molecule has 0 radical (unpaired) electrons. The normalized spacial score (nSPS) is 33.6. The van der Waals surface area contributed by atoms with Crippen LogP contribution in [0.3, 0.4) is 0 Å². The van der Waals surface area contributed by atoms with Crippen molar-refractivity contribution in [3.8, 4) is 0 Å². The molecule has 0 aromatic carbocycles. The van der Waals surface area contributed by atoms with Gasteiger partial charge in [-0.25, -0.2) is 0 Å². The van der Waals surface area contributed by atoms with Gasteiger partial charge in [-0.3, -0.25) is 4.90 Å². The van der Waals surface area contributed by atoms with Crippen LogP contribution in [0.5, 0.6) is 0 Å². The van der Waals surface area contributed by atoms with E-state index in [4.69, 9.17) is 0 Å². The van der Waals surface area contributed by atoms with Crippen LogP contribution in [0, 0.1) is 5.92 Å². The maximum atomic E-state index is 3.56. The average Bonchev–Trinajstić information content (AvgIpc) is 2.68. The minimum Gasteiger partial charge on any atom is -0.315 e. The molecule has 2 fully saturated rings. The van der Waals surface area contributed by atoms with Crippen molar-refractivity contribution in [1.29, 1.82) is 0 Å². The minimum atomic E-state index is 0.836. The lowest BCUT2D eigenvalue weighted by molar-refractivity contribution is 0.0728. The summed E-state index contributed by atoms with van der Waals surface area (Å²) in [7, 11) is 0. The van der Waals surface area contributed by atoms with Gasteiger partial charge < -0.3 is 5.32 Å². The molecule has 82 valence electrons. The van der Waals surface area contributed by atoms with Crippen LogP contribution in [-0.4, -0.2) is 36.6 Å². The van der Waals surface area contributed by atoms with Crippen LogP contribution < -0.4 is 5.32 Å².